The Balaban J connectivity index is 1.73. The van der Waals surface area contributed by atoms with Crippen LogP contribution in [0.25, 0.3) is 0 Å². The molecule has 0 saturated heterocycles. The van der Waals surface area contributed by atoms with Gasteiger partial charge < -0.3 is 10.5 Å². The van der Waals surface area contributed by atoms with Crippen LogP contribution >= 0.6 is 0 Å². The molecule has 1 aromatic carbocycles. The monoisotopic (exact) mass is 257 g/mol. The number of fused-ring (bicyclic) bond motifs is 1. The average Bonchev–Trinajstić information content (AvgIpc) is 2.90. The van der Waals surface area contributed by atoms with Gasteiger partial charge in [-0.2, -0.15) is 5.10 Å². The Morgan fingerprint density at radius 3 is 3.00 bits per heavy atom. The first-order valence-electron chi connectivity index (χ1n) is 6.64. The van der Waals surface area contributed by atoms with Crippen molar-refractivity contribution in [3.8, 4) is 5.75 Å². The summed E-state index contributed by atoms with van der Waals surface area (Å²) >= 11 is 0. The fourth-order valence-corrected chi connectivity index (χ4v) is 2.67. The summed E-state index contributed by atoms with van der Waals surface area (Å²) in [4.78, 5) is 0. The maximum Gasteiger partial charge on any atom is 0.130 e. The Morgan fingerprint density at radius 2 is 2.26 bits per heavy atom. The van der Waals surface area contributed by atoms with E-state index in [-0.39, 0.29) is 6.04 Å². The van der Waals surface area contributed by atoms with Gasteiger partial charge in [-0.3, -0.25) is 4.68 Å². The van der Waals surface area contributed by atoms with Crippen LogP contribution in [0.15, 0.2) is 24.3 Å². The van der Waals surface area contributed by atoms with Gasteiger partial charge in [-0.05, 0) is 49.1 Å². The maximum atomic E-state index is 6.03. The highest BCUT2D eigenvalue weighted by Crippen LogP contribution is 2.32. The summed E-state index contributed by atoms with van der Waals surface area (Å²) in [5.74, 6) is 0.909. The summed E-state index contributed by atoms with van der Waals surface area (Å²) in [6.45, 7) is 2.53. The number of hydrogen-bond acceptors (Lipinski definition) is 3. The summed E-state index contributed by atoms with van der Waals surface area (Å²) in [7, 11) is 1.94. The number of ether oxygens (including phenoxy) is 1. The zero-order valence-electron chi connectivity index (χ0n) is 11.4. The molecule has 1 atom stereocenters. The molecule has 0 unspecified atom stereocenters. The van der Waals surface area contributed by atoms with Crippen molar-refractivity contribution in [2.75, 3.05) is 0 Å². The minimum atomic E-state index is 0.198. The SMILES string of the molecule is Cc1cc(COc2ccc3c(c2)CC[C@@H]3N)n(C)n1. The number of hydrogen-bond donors (Lipinski definition) is 1. The molecule has 0 bridgehead atoms. The first-order valence-corrected chi connectivity index (χ1v) is 6.64. The summed E-state index contributed by atoms with van der Waals surface area (Å²) < 4.78 is 7.70. The Kier molecular flexibility index (Phi) is 3.03. The molecule has 1 aromatic heterocycles. The number of aryl methyl sites for hydroxylation is 3. The van der Waals surface area contributed by atoms with Gasteiger partial charge in [0.1, 0.15) is 12.4 Å². The molecule has 2 aromatic rings. The number of nitrogens with two attached hydrogens (primary N) is 1. The molecule has 0 amide bonds. The lowest BCUT2D eigenvalue weighted by molar-refractivity contribution is 0.294. The summed E-state index contributed by atoms with van der Waals surface area (Å²) in [5, 5.41) is 4.31. The van der Waals surface area contributed by atoms with E-state index in [9.17, 15) is 0 Å². The van der Waals surface area contributed by atoms with E-state index in [4.69, 9.17) is 10.5 Å². The number of aromatic nitrogens is 2. The Hall–Kier alpha value is -1.81. The molecule has 4 heteroatoms. The van der Waals surface area contributed by atoms with E-state index in [0.29, 0.717) is 6.61 Å². The Bertz CT molecular complexity index is 603. The molecule has 3 rings (SSSR count). The average molecular weight is 257 g/mol. The third-order valence-corrected chi connectivity index (χ3v) is 3.72. The van der Waals surface area contributed by atoms with Gasteiger partial charge in [-0.25, -0.2) is 0 Å². The van der Waals surface area contributed by atoms with E-state index in [0.717, 1.165) is 30.0 Å². The van der Waals surface area contributed by atoms with Crippen LogP contribution in [0, 0.1) is 6.92 Å². The van der Waals surface area contributed by atoms with Crippen molar-refractivity contribution in [3.05, 3.63) is 46.8 Å². The molecule has 1 heterocycles. The standard InChI is InChI=1S/C15H19N3O/c1-10-7-12(18(2)17-10)9-19-13-4-5-14-11(8-13)3-6-15(14)16/h4-5,7-8,15H,3,6,9,16H2,1-2H3/t15-/m0/s1. The minimum absolute atomic E-state index is 0.198. The third-order valence-electron chi connectivity index (χ3n) is 3.72. The molecule has 0 radical (unpaired) electrons. The van der Waals surface area contributed by atoms with Crippen LogP contribution in [-0.4, -0.2) is 9.78 Å². The van der Waals surface area contributed by atoms with Crippen molar-refractivity contribution >= 4 is 0 Å². The molecule has 19 heavy (non-hydrogen) atoms. The van der Waals surface area contributed by atoms with Crippen LogP contribution in [0.5, 0.6) is 5.75 Å². The van der Waals surface area contributed by atoms with Crippen LogP contribution in [0.3, 0.4) is 0 Å². The van der Waals surface area contributed by atoms with E-state index >= 15 is 0 Å². The van der Waals surface area contributed by atoms with Crippen LogP contribution in [0.2, 0.25) is 0 Å². The van der Waals surface area contributed by atoms with Crippen molar-refractivity contribution in [1.29, 1.82) is 0 Å². The first-order chi connectivity index (χ1) is 9.13. The molecule has 0 fully saturated rings. The fourth-order valence-electron chi connectivity index (χ4n) is 2.67. The van der Waals surface area contributed by atoms with Gasteiger partial charge in [-0.1, -0.05) is 6.07 Å². The van der Waals surface area contributed by atoms with Gasteiger partial charge in [-0.15, -0.1) is 0 Å². The number of rotatable bonds is 3. The zero-order valence-corrected chi connectivity index (χ0v) is 11.4. The predicted octanol–water partition coefficient (Wildman–Crippen LogP) is 2.25. The zero-order chi connectivity index (χ0) is 13.4. The Labute approximate surface area is 113 Å². The van der Waals surface area contributed by atoms with Crippen LogP contribution in [0.1, 0.15) is 35.0 Å². The van der Waals surface area contributed by atoms with Gasteiger partial charge in [0, 0.05) is 13.1 Å². The molecule has 4 nitrogen and oxygen atoms in total. The lowest BCUT2D eigenvalue weighted by Gasteiger charge is -2.09. The fraction of sp³-hybridized carbons (Fsp3) is 0.400. The minimum Gasteiger partial charge on any atom is -0.487 e. The normalized spacial score (nSPS) is 17.5. The molecular formula is C15H19N3O. The quantitative estimate of drug-likeness (QED) is 0.917. The lowest BCUT2D eigenvalue weighted by Crippen LogP contribution is -2.05. The van der Waals surface area contributed by atoms with Gasteiger partial charge in [0.05, 0.1) is 11.4 Å². The van der Waals surface area contributed by atoms with Gasteiger partial charge in [0.25, 0.3) is 0 Å². The second kappa shape index (κ2) is 4.70. The van der Waals surface area contributed by atoms with Crippen molar-refractivity contribution < 1.29 is 4.74 Å². The topological polar surface area (TPSA) is 53.1 Å². The van der Waals surface area contributed by atoms with Crippen LogP contribution in [-0.2, 0) is 20.1 Å². The van der Waals surface area contributed by atoms with Gasteiger partial charge in [0.15, 0.2) is 0 Å². The smallest absolute Gasteiger partial charge is 0.130 e. The highest BCUT2D eigenvalue weighted by atomic mass is 16.5. The van der Waals surface area contributed by atoms with E-state index in [1.54, 1.807) is 0 Å². The second-order valence-corrected chi connectivity index (χ2v) is 5.20. The molecule has 1 aliphatic carbocycles. The van der Waals surface area contributed by atoms with Crippen LogP contribution < -0.4 is 10.5 Å². The second-order valence-electron chi connectivity index (χ2n) is 5.20. The Morgan fingerprint density at radius 1 is 1.42 bits per heavy atom. The third kappa shape index (κ3) is 2.36. The molecule has 0 aliphatic heterocycles. The summed E-state index contributed by atoms with van der Waals surface area (Å²) in [6.07, 6.45) is 2.10. The predicted molar refractivity (Wildman–Crippen MR) is 74.0 cm³/mol. The van der Waals surface area contributed by atoms with E-state index in [2.05, 4.69) is 17.2 Å². The first kappa shape index (κ1) is 12.2. The van der Waals surface area contributed by atoms with Gasteiger partial charge >= 0.3 is 0 Å². The van der Waals surface area contributed by atoms with Crippen molar-refractivity contribution in [3.63, 3.8) is 0 Å². The number of benzene rings is 1. The largest absolute Gasteiger partial charge is 0.487 e. The van der Waals surface area contributed by atoms with Crippen LogP contribution in [0.4, 0.5) is 0 Å². The highest BCUT2D eigenvalue weighted by Gasteiger charge is 2.19. The van der Waals surface area contributed by atoms with E-state index in [1.807, 2.05) is 30.8 Å². The number of nitrogens with zero attached hydrogens (tertiary/aromatic N) is 2. The molecule has 0 saturated carbocycles. The van der Waals surface area contributed by atoms with Gasteiger partial charge in [0.2, 0.25) is 0 Å². The summed E-state index contributed by atoms with van der Waals surface area (Å²) in [5.41, 5.74) is 10.7. The van der Waals surface area contributed by atoms with E-state index < -0.39 is 0 Å². The van der Waals surface area contributed by atoms with Crippen molar-refractivity contribution in [2.24, 2.45) is 12.8 Å². The van der Waals surface area contributed by atoms with Crippen molar-refractivity contribution in [2.45, 2.75) is 32.4 Å². The highest BCUT2D eigenvalue weighted by molar-refractivity contribution is 5.40. The molecular weight excluding hydrogens is 238 g/mol. The molecule has 1 aliphatic rings. The van der Waals surface area contributed by atoms with Crippen molar-refractivity contribution in [1.82, 2.24) is 9.78 Å². The molecule has 2 N–H and O–H groups in total. The maximum absolute atomic E-state index is 6.03. The summed E-state index contributed by atoms with van der Waals surface area (Å²) in [6, 6.07) is 8.46. The lowest BCUT2D eigenvalue weighted by atomic mass is 10.1. The molecule has 100 valence electrons. The van der Waals surface area contributed by atoms with E-state index in [1.165, 1.54) is 11.1 Å². The molecule has 0 spiro atoms.